The minimum atomic E-state index is -0.934. The molecule has 6 heteroatoms. The molecule has 3 rings (SSSR count). The minimum absolute atomic E-state index is 0.0409. The molecule has 2 saturated carbocycles. The highest BCUT2D eigenvalue weighted by molar-refractivity contribution is 6.42. The molecule has 4 nitrogen and oxygen atoms in total. The maximum atomic E-state index is 11.4. The van der Waals surface area contributed by atoms with Crippen LogP contribution in [0.3, 0.4) is 0 Å². The topological polar surface area (TPSA) is 60.8 Å². The summed E-state index contributed by atoms with van der Waals surface area (Å²) in [6, 6.07) is 5.46. The highest BCUT2D eigenvalue weighted by Gasteiger charge is 2.51. The van der Waals surface area contributed by atoms with Gasteiger partial charge in [-0.15, -0.1) is 0 Å². The summed E-state index contributed by atoms with van der Waals surface area (Å²) in [7, 11) is 1.60. The van der Waals surface area contributed by atoms with E-state index < -0.39 is 12.2 Å². The highest BCUT2D eigenvalue weighted by Crippen LogP contribution is 2.51. The molecular formula is C18H23Cl2NO3. The van der Waals surface area contributed by atoms with Crippen LogP contribution >= 0.6 is 23.2 Å². The van der Waals surface area contributed by atoms with E-state index in [2.05, 4.69) is 0 Å². The largest absolute Gasteiger partial charge is 0.465 e. The Kier molecular flexibility index (Phi) is 5.01. The van der Waals surface area contributed by atoms with Gasteiger partial charge in [0.05, 0.1) is 16.1 Å². The van der Waals surface area contributed by atoms with Gasteiger partial charge in [0, 0.05) is 24.4 Å². The number of hydrogen-bond donors (Lipinski definition) is 2. The van der Waals surface area contributed by atoms with Crippen LogP contribution in [0.15, 0.2) is 18.2 Å². The Morgan fingerprint density at radius 3 is 2.50 bits per heavy atom. The van der Waals surface area contributed by atoms with Crippen LogP contribution in [-0.2, 0) is 5.41 Å². The quantitative estimate of drug-likeness (QED) is 0.815. The van der Waals surface area contributed by atoms with Crippen molar-refractivity contribution in [1.29, 1.82) is 0 Å². The zero-order valence-electron chi connectivity index (χ0n) is 13.7. The third-order valence-corrected chi connectivity index (χ3v) is 6.78. The van der Waals surface area contributed by atoms with E-state index in [1.165, 1.54) is 4.90 Å². The van der Waals surface area contributed by atoms with Crippen LogP contribution in [-0.4, -0.2) is 40.4 Å². The molecule has 2 fully saturated rings. The molecular weight excluding hydrogens is 349 g/mol. The van der Waals surface area contributed by atoms with E-state index in [0.717, 1.165) is 44.1 Å². The first-order valence-electron chi connectivity index (χ1n) is 8.46. The molecule has 0 spiro atoms. The van der Waals surface area contributed by atoms with Crippen LogP contribution in [0, 0.1) is 5.92 Å². The number of carboxylic acid groups (broad SMARTS) is 1. The summed E-state index contributed by atoms with van der Waals surface area (Å²) in [5, 5.41) is 21.6. The first kappa shape index (κ1) is 17.8. The van der Waals surface area contributed by atoms with Gasteiger partial charge in [-0.25, -0.2) is 4.79 Å². The molecule has 0 heterocycles. The SMILES string of the molecule is CN(C(=O)O)[C@H]1CCC[C@H]1[C@@H](O)C1(c2ccc(Cl)c(Cl)c2)CCC1. The summed E-state index contributed by atoms with van der Waals surface area (Å²) in [6.45, 7) is 0. The summed E-state index contributed by atoms with van der Waals surface area (Å²) < 4.78 is 0. The monoisotopic (exact) mass is 371 g/mol. The lowest BCUT2D eigenvalue weighted by molar-refractivity contribution is -0.0309. The number of amides is 1. The van der Waals surface area contributed by atoms with Crippen LogP contribution in [0.4, 0.5) is 4.79 Å². The van der Waals surface area contributed by atoms with E-state index in [-0.39, 0.29) is 17.4 Å². The van der Waals surface area contributed by atoms with Gasteiger partial charge in [-0.3, -0.25) is 0 Å². The molecule has 2 N–H and O–H groups in total. The molecule has 3 atom stereocenters. The molecule has 2 aliphatic carbocycles. The molecule has 0 aliphatic heterocycles. The lowest BCUT2D eigenvalue weighted by Crippen LogP contribution is -2.53. The van der Waals surface area contributed by atoms with Crippen LogP contribution in [0.25, 0.3) is 0 Å². The average molecular weight is 372 g/mol. The third kappa shape index (κ3) is 2.89. The lowest BCUT2D eigenvalue weighted by Gasteiger charge is -2.49. The third-order valence-electron chi connectivity index (χ3n) is 6.04. The zero-order valence-corrected chi connectivity index (χ0v) is 15.2. The summed E-state index contributed by atoms with van der Waals surface area (Å²) >= 11 is 12.2. The maximum absolute atomic E-state index is 11.4. The smallest absolute Gasteiger partial charge is 0.407 e. The van der Waals surface area contributed by atoms with Gasteiger partial charge < -0.3 is 15.1 Å². The first-order chi connectivity index (χ1) is 11.4. The second kappa shape index (κ2) is 6.74. The van der Waals surface area contributed by atoms with Gasteiger partial charge >= 0.3 is 6.09 Å². The Balaban J connectivity index is 1.89. The predicted molar refractivity (Wildman–Crippen MR) is 94.9 cm³/mol. The normalized spacial score (nSPS) is 26.7. The van der Waals surface area contributed by atoms with Crippen LogP contribution in [0.2, 0.25) is 10.0 Å². The van der Waals surface area contributed by atoms with Gasteiger partial charge in [-0.2, -0.15) is 0 Å². The number of aliphatic hydroxyl groups is 1. The van der Waals surface area contributed by atoms with Gasteiger partial charge in [0.25, 0.3) is 0 Å². The number of benzene rings is 1. The Hall–Kier alpha value is -0.970. The number of rotatable bonds is 4. The number of carbonyl (C=O) groups is 1. The first-order valence-corrected chi connectivity index (χ1v) is 9.22. The van der Waals surface area contributed by atoms with E-state index in [9.17, 15) is 15.0 Å². The van der Waals surface area contributed by atoms with Crippen molar-refractivity contribution < 1.29 is 15.0 Å². The van der Waals surface area contributed by atoms with Crippen LogP contribution in [0.1, 0.15) is 44.1 Å². The molecule has 1 amide bonds. The summed E-state index contributed by atoms with van der Waals surface area (Å²) in [6.07, 6.45) is 3.95. The van der Waals surface area contributed by atoms with Crippen molar-refractivity contribution in [2.75, 3.05) is 7.05 Å². The van der Waals surface area contributed by atoms with Crippen molar-refractivity contribution in [1.82, 2.24) is 4.90 Å². The zero-order chi connectivity index (χ0) is 17.5. The Labute approximate surface area is 152 Å². The van der Waals surface area contributed by atoms with Gasteiger partial charge in [-0.05, 0) is 43.4 Å². The number of nitrogens with zero attached hydrogens (tertiary/aromatic N) is 1. The van der Waals surface area contributed by atoms with Crippen molar-refractivity contribution >= 4 is 29.3 Å². The fraction of sp³-hybridized carbons (Fsp3) is 0.611. The van der Waals surface area contributed by atoms with Gasteiger partial charge in [-0.1, -0.05) is 42.1 Å². The number of halogens is 2. The van der Waals surface area contributed by atoms with E-state index in [0.29, 0.717) is 10.0 Å². The Morgan fingerprint density at radius 1 is 1.25 bits per heavy atom. The van der Waals surface area contributed by atoms with Crippen LogP contribution in [0.5, 0.6) is 0 Å². The van der Waals surface area contributed by atoms with Crippen molar-refractivity contribution in [2.45, 2.75) is 56.1 Å². The lowest BCUT2D eigenvalue weighted by atomic mass is 9.58. The average Bonchev–Trinajstić information content (AvgIpc) is 2.98. The molecule has 0 radical (unpaired) electrons. The van der Waals surface area contributed by atoms with Crippen LogP contribution < -0.4 is 0 Å². The fourth-order valence-corrected chi connectivity index (χ4v) is 4.79. The molecule has 1 aromatic rings. The van der Waals surface area contributed by atoms with Crippen molar-refractivity contribution in [3.63, 3.8) is 0 Å². The minimum Gasteiger partial charge on any atom is -0.465 e. The van der Waals surface area contributed by atoms with Crippen molar-refractivity contribution in [3.8, 4) is 0 Å². The van der Waals surface area contributed by atoms with Gasteiger partial charge in [0.1, 0.15) is 0 Å². The molecule has 0 unspecified atom stereocenters. The number of hydrogen-bond acceptors (Lipinski definition) is 2. The summed E-state index contributed by atoms with van der Waals surface area (Å²) in [5.74, 6) is -0.0409. The summed E-state index contributed by atoms with van der Waals surface area (Å²) in [5.41, 5.74) is 0.681. The molecule has 0 saturated heterocycles. The Bertz CT molecular complexity index is 633. The van der Waals surface area contributed by atoms with E-state index in [1.807, 2.05) is 12.1 Å². The van der Waals surface area contributed by atoms with Gasteiger partial charge in [0.2, 0.25) is 0 Å². The molecule has 2 aliphatic rings. The maximum Gasteiger partial charge on any atom is 0.407 e. The Morgan fingerprint density at radius 2 is 1.96 bits per heavy atom. The standard InChI is InChI=1S/C18H23Cl2NO3/c1-21(17(23)24)15-5-2-4-12(15)16(22)18(8-3-9-18)11-6-7-13(19)14(20)10-11/h6-7,10,12,15-16,22H,2-5,8-9H2,1H3,(H,23,24)/t12-,15+,16-/m1/s1. The fourth-order valence-electron chi connectivity index (χ4n) is 4.49. The number of aliphatic hydroxyl groups excluding tert-OH is 1. The second-order valence-corrected chi connectivity index (χ2v) is 7.95. The molecule has 0 aromatic heterocycles. The van der Waals surface area contributed by atoms with E-state index in [4.69, 9.17) is 23.2 Å². The van der Waals surface area contributed by atoms with Crippen molar-refractivity contribution in [3.05, 3.63) is 33.8 Å². The highest BCUT2D eigenvalue weighted by atomic mass is 35.5. The van der Waals surface area contributed by atoms with Crippen molar-refractivity contribution in [2.24, 2.45) is 5.92 Å². The molecule has 0 bridgehead atoms. The predicted octanol–water partition coefficient (Wildman–Crippen LogP) is 4.55. The molecule has 24 heavy (non-hydrogen) atoms. The van der Waals surface area contributed by atoms with E-state index in [1.54, 1.807) is 13.1 Å². The molecule has 1 aromatic carbocycles. The van der Waals surface area contributed by atoms with Gasteiger partial charge in [0.15, 0.2) is 0 Å². The molecule has 132 valence electrons. The second-order valence-electron chi connectivity index (χ2n) is 7.14. The summed E-state index contributed by atoms with van der Waals surface area (Å²) in [4.78, 5) is 12.7. The van der Waals surface area contributed by atoms with E-state index >= 15 is 0 Å².